The van der Waals surface area contributed by atoms with Crippen LogP contribution in [0.15, 0.2) is 42.5 Å². The largest absolute Gasteiger partial charge is 0.454 e. The number of rotatable bonds is 6. The van der Waals surface area contributed by atoms with Crippen molar-refractivity contribution in [3.8, 4) is 11.5 Å². The van der Waals surface area contributed by atoms with Crippen LogP contribution < -0.4 is 14.8 Å². The van der Waals surface area contributed by atoms with E-state index in [1.807, 2.05) is 12.1 Å². The molecule has 1 fully saturated rings. The summed E-state index contributed by atoms with van der Waals surface area (Å²) in [4.78, 5) is 30.4. The first-order valence-electron chi connectivity index (χ1n) is 10.4. The van der Waals surface area contributed by atoms with Gasteiger partial charge in [0.1, 0.15) is 0 Å². The summed E-state index contributed by atoms with van der Waals surface area (Å²) >= 11 is 0. The van der Waals surface area contributed by atoms with Gasteiger partial charge in [0.15, 0.2) is 11.5 Å². The van der Waals surface area contributed by atoms with Crippen molar-refractivity contribution in [2.45, 2.75) is 6.54 Å². The predicted molar refractivity (Wildman–Crippen MR) is 117 cm³/mol. The molecule has 1 saturated heterocycles. The Morgan fingerprint density at radius 3 is 2.32 bits per heavy atom. The van der Waals surface area contributed by atoms with Gasteiger partial charge in [-0.2, -0.15) is 0 Å². The molecule has 2 aromatic rings. The Morgan fingerprint density at radius 1 is 0.935 bits per heavy atom. The third-order valence-corrected chi connectivity index (χ3v) is 5.50. The highest BCUT2D eigenvalue weighted by atomic mass is 16.7. The van der Waals surface area contributed by atoms with E-state index in [2.05, 4.69) is 21.2 Å². The van der Waals surface area contributed by atoms with Crippen molar-refractivity contribution < 1.29 is 19.1 Å². The minimum Gasteiger partial charge on any atom is -0.454 e. The van der Waals surface area contributed by atoms with Crippen LogP contribution in [0.1, 0.15) is 15.9 Å². The predicted octanol–water partition coefficient (Wildman–Crippen LogP) is 1.87. The van der Waals surface area contributed by atoms with Gasteiger partial charge in [-0.1, -0.05) is 6.07 Å². The van der Waals surface area contributed by atoms with Crippen LogP contribution in [0.3, 0.4) is 0 Å². The van der Waals surface area contributed by atoms with Crippen LogP contribution in [-0.2, 0) is 11.3 Å². The molecular weight excluding hydrogens is 396 g/mol. The van der Waals surface area contributed by atoms with Gasteiger partial charge in [-0.3, -0.25) is 19.4 Å². The molecule has 0 aliphatic carbocycles. The summed E-state index contributed by atoms with van der Waals surface area (Å²) in [6, 6.07) is 13.1. The molecule has 8 nitrogen and oxygen atoms in total. The van der Waals surface area contributed by atoms with Gasteiger partial charge in [0.05, 0.1) is 6.54 Å². The summed E-state index contributed by atoms with van der Waals surface area (Å²) in [5.41, 5.74) is 2.50. The van der Waals surface area contributed by atoms with Gasteiger partial charge in [0.25, 0.3) is 5.91 Å². The third-order valence-electron chi connectivity index (χ3n) is 5.50. The van der Waals surface area contributed by atoms with E-state index in [0.29, 0.717) is 17.8 Å². The second-order valence-electron chi connectivity index (χ2n) is 8.07. The molecule has 0 spiro atoms. The molecule has 1 N–H and O–H groups in total. The fourth-order valence-electron chi connectivity index (χ4n) is 3.76. The summed E-state index contributed by atoms with van der Waals surface area (Å²) in [6.45, 7) is 5.00. The zero-order valence-electron chi connectivity index (χ0n) is 18.0. The van der Waals surface area contributed by atoms with Crippen LogP contribution in [0.2, 0.25) is 0 Å². The molecule has 0 atom stereocenters. The number of carbonyl (C=O) groups excluding carboxylic acids is 2. The Labute approximate surface area is 182 Å². The third kappa shape index (κ3) is 5.34. The van der Waals surface area contributed by atoms with E-state index >= 15 is 0 Å². The summed E-state index contributed by atoms with van der Waals surface area (Å²) < 4.78 is 10.8. The normalized spacial score (nSPS) is 16.2. The minimum atomic E-state index is -0.0588. The first-order valence-corrected chi connectivity index (χ1v) is 10.4. The van der Waals surface area contributed by atoms with Crippen molar-refractivity contribution in [1.29, 1.82) is 0 Å². The maximum absolute atomic E-state index is 12.4. The lowest BCUT2D eigenvalue weighted by atomic mass is 10.1. The molecule has 0 radical (unpaired) electrons. The molecule has 164 valence electrons. The van der Waals surface area contributed by atoms with Crippen LogP contribution in [0, 0.1) is 0 Å². The molecule has 2 heterocycles. The molecule has 2 aliphatic rings. The lowest BCUT2D eigenvalue weighted by Crippen LogP contribution is -2.48. The van der Waals surface area contributed by atoms with E-state index in [-0.39, 0.29) is 18.6 Å². The van der Waals surface area contributed by atoms with Crippen LogP contribution >= 0.6 is 0 Å². The SMILES string of the molecule is CN(C)C(=O)c1ccc(NC(=O)CN2CCN(Cc3ccc4c(c3)OCO4)CC2)cc1. The van der Waals surface area contributed by atoms with Gasteiger partial charge in [-0.25, -0.2) is 0 Å². The van der Waals surface area contributed by atoms with Crippen molar-refractivity contribution in [3.05, 3.63) is 53.6 Å². The Bertz CT molecular complexity index is 937. The zero-order valence-corrected chi connectivity index (χ0v) is 18.0. The van der Waals surface area contributed by atoms with Gasteiger partial charge < -0.3 is 19.7 Å². The van der Waals surface area contributed by atoms with Gasteiger partial charge in [-0.15, -0.1) is 0 Å². The van der Waals surface area contributed by atoms with Gasteiger partial charge in [0.2, 0.25) is 12.7 Å². The van der Waals surface area contributed by atoms with E-state index in [0.717, 1.165) is 44.2 Å². The molecule has 0 bridgehead atoms. The summed E-state index contributed by atoms with van der Waals surface area (Å²) in [5.74, 6) is 1.51. The highest BCUT2D eigenvalue weighted by Crippen LogP contribution is 2.32. The molecular formula is C23H28N4O4. The zero-order chi connectivity index (χ0) is 21.8. The monoisotopic (exact) mass is 424 g/mol. The van der Waals surface area contributed by atoms with Gasteiger partial charge in [-0.05, 0) is 42.0 Å². The molecule has 2 aromatic carbocycles. The van der Waals surface area contributed by atoms with Crippen molar-refractivity contribution in [2.24, 2.45) is 0 Å². The van der Waals surface area contributed by atoms with Gasteiger partial charge >= 0.3 is 0 Å². The van der Waals surface area contributed by atoms with Crippen molar-refractivity contribution in [3.63, 3.8) is 0 Å². The number of benzene rings is 2. The number of amides is 2. The number of piperazine rings is 1. The topological polar surface area (TPSA) is 74.4 Å². The lowest BCUT2D eigenvalue weighted by Gasteiger charge is -2.34. The number of nitrogens with one attached hydrogen (secondary N) is 1. The molecule has 0 saturated carbocycles. The van der Waals surface area contributed by atoms with Crippen molar-refractivity contribution in [2.75, 3.05) is 58.9 Å². The van der Waals surface area contributed by atoms with Crippen molar-refractivity contribution >= 4 is 17.5 Å². The summed E-state index contributed by atoms with van der Waals surface area (Å²) in [6.07, 6.45) is 0. The lowest BCUT2D eigenvalue weighted by molar-refractivity contribution is -0.117. The van der Waals surface area contributed by atoms with Crippen LogP contribution in [0.4, 0.5) is 5.69 Å². The van der Waals surface area contributed by atoms with E-state index in [1.54, 1.807) is 38.4 Å². The Kier molecular flexibility index (Phi) is 6.39. The maximum atomic E-state index is 12.4. The first-order chi connectivity index (χ1) is 15.0. The molecule has 4 rings (SSSR count). The number of hydrogen-bond donors (Lipinski definition) is 1. The Hall–Kier alpha value is -3.10. The fourth-order valence-corrected chi connectivity index (χ4v) is 3.76. The number of fused-ring (bicyclic) bond motifs is 1. The van der Waals surface area contributed by atoms with E-state index in [9.17, 15) is 9.59 Å². The number of anilines is 1. The fraction of sp³-hybridized carbons (Fsp3) is 0.391. The molecule has 2 amide bonds. The van der Waals surface area contributed by atoms with E-state index in [1.165, 1.54) is 10.5 Å². The first kappa shape index (κ1) is 21.1. The van der Waals surface area contributed by atoms with Crippen LogP contribution in [0.5, 0.6) is 11.5 Å². The van der Waals surface area contributed by atoms with Crippen LogP contribution in [0.25, 0.3) is 0 Å². The Balaban J connectivity index is 1.21. The smallest absolute Gasteiger partial charge is 0.253 e. The average Bonchev–Trinajstić information content (AvgIpc) is 3.23. The minimum absolute atomic E-state index is 0.0455. The highest BCUT2D eigenvalue weighted by molar-refractivity contribution is 5.96. The highest BCUT2D eigenvalue weighted by Gasteiger charge is 2.20. The standard InChI is InChI=1S/C23H28N4O4/c1-25(2)23(29)18-4-6-19(7-5-18)24-22(28)15-27-11-9-26(10-12-27)14-17-3-8-20-21(13-17)31-16-30-20/h3-8,13H,9-12,14-16H2,1-2H3,(H,24,28). The summed E-state index contributed by atoms with van der Waals surface area (Å²) in [5, 5.41) is 2.91. The quantitative estimate of drug-likeness (QED) is 0.763. The number of nitrogens with zero attached hydrogens (tertiary/aromatic N) is 3. The average molecular weight is 425 g/mol. The van der Waals surface area contributed by atoms with Crippen LogP contribution in [-0.4, -0.2) is 80.1 Å². The molecule has 8 heteroatoms. The van der Waals surface area contributed by atoms with Crippen molar-refractivity contribution in [1.82, 2.24) is 14.7 Å². The summed E-state index contributed by atoms with van der Waals surface area (Å²) in [7, 11) is 3.43. The Morgan fingerprint density at radius 2 is 1.61 bits per heavy atom. The number of ether oxygens (including phenoxy) is 2. The molecule has 0 unspecified atom stereocenters. The molecule has 2 aliphatic heterocycles. The second-order valence-corrected chi connectivity index (χ2v) is 8.07. The second kappa shape index (κ2) is 9.36. The molecule has 0 aromatic heterocycles. The van der Waals surface area contributed by atoms with E-state index in [4.69, 9.17) is 9.47 Å². The molecule has 31 heavy (non-hydrogen) atoms. The number of hydrogen-bond acceptors (Lipinski definition) is 6. The maximum Gasteiger partial charge on any atom is 0.253 e. The van der Waals surface area contributed by atoms with E-state index < -0.39 is 0 Å². The number of carbonyl (C=O) groups is 2. The van der Waals surface area contributed by atoms with Gasteiger partial charge in [0, 0.05) is 58.1 Å².